The maximum Gasteiger partial charge on any atom is 0.207 e. The lowest BCUT2D eigenvalue weighted by Crippen LogP contribution is -2.34. The standard InChI is InChI=1S/C29H30N8O2/c1-38-27-16-26(30)25(15-28(27)39-19-22-5-3-2-4-6-22)29-32-34-37(33-29)23-9-7-21(8-10-23)11-12-35-13-14-36-20-31-17-24(36)18-35/h2-10,15-17,20H,11-14,18-19,30H2,1H3. The summed E-state index contributed by atoms with van der Waals surface area (Å²) in [7, 11) is 1.59. The van der Waals surface area contributed by atoms with E-state index in [4.69, 9.17) is 15.2 Å². The summed E-state index contributed by atoms with van der Waals surface area (Å²) in [6.45, 7) is 4.38. The summed E-state index contributed by atoms with van der Waals surface area (Å²) in [5.41, 5.74) is 11.8. The minimum atomic E-state index is 0.398. The third kappa shape index (κ3) is 5.46. The number of ether oxygens (including phenoxy) is 2. The average Bonchev–Trinajstić information content (AvgIpc) is 3.66. The van der Waals surface area contributed by atoms with Gasteiger partial charge in [0, 0.05) is 49.7 Å². The van der Waals surface area contributed by atoms with Gasteiger partial charge in [0.25, 0.3) is 0 Å². The van der Waals surface area contributed by atoms with Crippen molar-refractivity contribution < 1.29 is 9.47 Å². The first kappa shape index (κ1) is 24.6. The van der Waals surface area contributed by atoms with Gasteiger partial charge in [-0.3, -0.25) is 4.90 Å². The number of nitrogens with zero attached hydrogens (tertiary/aromatic N) is 7. The smallest absolute Gasteiger partial charge is 0.207 e. The number of rotatable bonds is 9. The van der Waals surface area contributed by atoms with E-state index in [1.165, 1.54) is 16.1 Å². The van der Waals surface area contributed by atoms with Crippen molar-refractivity contribution in [1.82, 2.24) is 34.7 Å². The van der Waals surface area contributed by atoms with Crippen LogP contribution in [0.3, 0.4) is 0 Å². The van der Waals surface area contributed by atoms with Gasteiger partial charge in [0.05, 0.1) is 24.8 Å². The number of methoxy groups -OCH3 is 1. The molecule has 0 bridgehead atoms. The fraction of sp³-hybridized carbons (Fsp3) is 0.241. The number of hydrogen-bond donors (Lipinski definition) is 1. The number of nitrogen functional groups attached to an aromatic ring is 1. The van der Waals surface area contributed by atoms with Crippen LogP contribution in [0.4, 0.5) is 5.69 Å². The first-order valence-electron chi connectivity index (χ1n) is 12.9. The Hall–Kier alpha value is -4.70. The van der Waals surface area contributed by atoms with E-state index in [1.807, 2.05) is 55.0 Å². The topological polar surface area (TPSA) is 109 Å². The zero-order valence-corrected chi connectivity index (χ0v) is 21.8. The minimum Gasteiger partial charge on any atom is -0.493 e. The number of tetrazole rings is 1. The van der Waals surface area contributed by atoms with Crippen molar-refractivity contribution in [2.45, 2.75) is 26.1 Å². The van der Waals surface area contributed by atoms with Crippen LogP contribution in [0.2, 0.25) is 0 Å². The molecule has 5 aromatic rings. The second-order valence-corrected chi connectivity index (χ2v) is 9.54. The van der Waals surface area contributed by atoms with Gasteiger partial charge in [0.15, 0.2) is 11.5 Å². The van der Waals surface area contributed by atoms with E-state index in [0.29, 0.717) is 35.2 Å². The number of benzene rings is 3. The van der Waals surface area contributed by atoms with E-state index in [0.717, 1.165) is 43.9 Å². The van der Waals surface area contributed by atoms with Crippen molar-refractivity contribution >= 4 is 5.69 Å². The van der Waals surface area contributed by atoms with Gasteiger partial charge in [0.2, 0.25) is 5.82 Å². The second-order valence-electron chi connectivity index (χ2n) is 9.54. The van der Waals surface area contributed by atoms with Crippen LogP contribution in [0.1, 0.15) is 16.8 Å². The number of imidazole rings is 1. The molecule has 6 rings (SSSR count). The van der Waals surface area contributed by atoms with E-state index >= 15 is 0 Å². The average molecular weight is 523 g/mol. The Balaban J connectivity index is 1.13. The summed E-state index contributed by atoms with van der Waals surface area (Å²) in [5.74, 6) is 1.52. The van der Waals surface area contributed by atoms with Crippen LogP contribution < -0.4 is 15.2 Å². The number of anilines is 1. The first-order valence-corrected chi connectivity index (χ1v) is 12.9. The van der Waals surface area contributed by atoms with Gasteiger partial charge in [-0.15, -0.1) is 15.0 Å². The molecule has 0 fully saturated rings. The van der Waals surface area contributed by atoms with Gasteiger partial charge in [-0.1, -0.05) is 42.5 Å². The van der Waals surface area contributed by atoms with Gasteiger partial charge in [-0.05, 0) is 41.0 Å². The fourth-order valence-corrected chi connectivity index (χ4v) is 4.72. The number of hydrogen-bond acceptors (Lipinski definition) is 8. The van der Waals surface area contributed by atoms with Crippen molar-refractivity contribution in [3.05, 3.63) is 96.1 Å². The SMILES string of the molecule is COc1cc(N)c(-c2nnn(-c3ccc(CCN4CCn5cncc5C4)cc3)n2)cc1OCc1ccccc1. The van der Waals surface area contributed by atoms with Crippen LogP contribution in [0.25, 0.3) is 17.1 Å². The van der Waals surface area contributed by atoms with E-state index < -0.39 is 0 Å². The van der Waals surface area contributed by atoms with Gasteiger partial charge in [-0.25, -0.2) is 4.98 Å². The van der Waals surface area contributed by atoms with Crippen LogP contribution >= 0.6 is 0 Å². The Kier molecular flexibility index (Phi) is 6.92. The van der Waals surface area contributed by atoms with Crippen LogP contribution in [-0.2, 0) is 26.1 Å². The molecule has 2 aromatic heterocycles. The molecule has 0 saturated carbocycles. The van der Waals surface area contributed by atoms with E-state index in [-0.39, 0.29) is 0 Å². The molecule has 198 valence electrons. The summed E-state index contributed by atoms with van der Waals surface area (Å²) in [5, 5.41) is 13.1. The Morgan fingerprint density at radius 1 is 0.949 bits per heavy atom. The zero-order valence-electron chi connectivity index (χ0n) is 21.8. The van der Waals surface area contributed by atoms with Crippen LogP contribution in [0, 0.1) is 0 Å². The number of nitrogens with two attached hydrogens (primary N) is 1. The van der Waals surface area contributed by atoms with Crippen molar-refractivity contribution in [2.75, 3.05) is 25.9 Å². The molecule has 3 heterocycles. The Morgan fingerprint density at radius 2 is 1.79 bits per heavy atom. The molecule has 10 nitrogen and oxygen atoms in total. The molecule has 3 aromatic carbocycles. The predicted octanol–water partition coefficient (Wildman–Crippen LogP) is 3.75. The van der Waals surface area contributed by atoms with E-state index in [9.17, 15) is 0 Å². The molecule has 0 unspecified atom stereocenters. The summed E-state index contributed by atoms with van der Waals surface area (Å²) in [4.78, 5) is 8.23. The lowest BCUT2D eigenvalue weighted by Gasteiger charge is -2.27. The normalized spacial score (nSPS) is 13.3. The zero-order chi connectivity index (χ0) is 26.6. The van der Waals surface area contributed by atoms with Crippen molar-refractivity contribution in [2.24, 2.45) is 0 Å². The quantitative estimate of drug-likeness (QED) is 0.292. The fourth-order valence-electron chi connectivity index (χ4n) is 4.72. The van der Waals surface area contributed by atoms with Crippen molar-refractivity contribution in [1.29, 1.82) is 0 Å². The summed E-state index contributed by atoms with van der Waals surface area (Å²) in [6, 6.07) is 21.7. The largest absolute Gasteiger partial charge is 0.493 e. The lowest BCUT2D eigenvalue weighted by molar-refractivity contribution is 0.224. The maximum absolute atomic E-state index is 6.33. The van der Waals surface area contributed by atoms with E-state index in [2.05, 4.69) is 42.0 Å². The maximum atomic E-state index is 6.33. The molecule has 2 N–H and O–H groups in total. The van der Waals surface area contributed by atoms with Crippen molar-refractivity contribution in [3.63, 3.8) is 0 Å². The van der Waals surface area contributed by atoms with Crippen LogP contribution in [0.5, 0.6) is 11.5 Å². The van der Waals surface area contributed by atoms with Gasteiger partial charge in [0.1, 0.15) is 6.61 Å². The molecule has 0 aliphatic carbocycles. The Labute approximate surface area is 226 Å². The monoisotopic (exact) mass is 522 g/mol. The highest BCUT2D eigenvalue weighted by Gasteiger charge is 2.17. The molecule has 0 atom stereocenters. The predicted molar refractivity (Wildman–Crippen MR) is 148 cm³/mol. The van der Waals surface area contributed by atoms with Crippen LogP contribution in [0.15, 0.2) is 79.3 Å². The van der Waals surface area contributed by atoms with Crippen LogP contribution in [-0.4, -0.2) is 54.9 Å². The summed E-state index contributed by atoms with van der Waals surface area (Å²) >= 11 is 0. The Morgan fingerprint density at radius 3 is 2.62 bits per heavy atom. The summed E-state index contributed by atoms with van der Waals surface area (Å²) < 4.78 is 13.8. The molecule has 0 spiro atoms. The molecule has 0 saturated heterocycles. The molecule has 1 aliphatic heterocycles. The number of aromatic nitrogens is 6. The molecule has 0 radical (unpaired) electrons. The minimum absolute atomic E-state index is 0.398. The van der Waals surface area contributed by atoms with Crippen molar-refractivity contribution in [3.8, 4) is 28.6 Å². The highest BCUT2D eigenvalue weighted by Crippen LogP contribution is 2.36. The first-order chi connectivity index (χ1) is 19.2. The van der Waals surface area contributed by atoms with Gasteiger partial charge >= 0.3 is 0 Å². The molecular formula is C29H30N8O2. The lowest BCUT2D eigenvalue weighted by atomic mass is 10.1. The highest BCUT2D eigenvalue weighted by molar-refractivity contribution is 5.75. The third-order valence-corrected chi connectivity index (χ3v) is 6.95. The molecule has 39 heavy (non-hydrogen) atoms. The van der Waals surface area contributed by atoms with E-state index in [1.54, 1.807) is 19.2 Å². The molecular weight excluding hydrogens is 492 g/mol. The molecule has 0 amide bonds. The molecule has 1 aliphatic rings. The Bertz CT molecular complexity index is 1550. The number of fused-ring (bicyclic) bond motifs is 1. The second kappa shape index (κ2) is 11.0. The third-order valence-electron chi connectivity index (χ3n) is 6.95. The van der Waals surface area contributed by atoms with Gasteiger partial charge in [-0.2, -0.15) is 0 Å². The molecule has 10 heteroatoms. The van der Waals surface area contributed by atoms with Gasteiger partial charge < -0.3 is 19.8 Å². The highest BCUT2D eigenvalue weighted by atomic mass is 16.5. The summed E-state index contributed by atoms with van der Waals surface area (Å²) in [6.07, 6.45) is 4.84.